The van der Waals surface area contributed by atoms with Crippen LogP contribution < -0.4 is 0 Å². The van der Waals surface area contributed by atoms with Crippen LogP contribution in [0.25, 0.3) is 0 Å². The number of hydrogen-bond donors (Lipinski definition) is 0. The third kappa shape index (κ3) is 1.76. The zero-order chi connectivity index (χ0) is 11.7. The molecule has 2 aliphatic heterocycles. The van der Waals surface area contributed by atoms with E-state index in [0.717, 1.165) is 5.56 Å². The average molecular weight is 230 g/mol. The second-order valence-electron chi connectivity index (χ2n) is 4.46. The molecule has 2 heterocycles. The Morgan fingerprint density at radius 2 is 2.06 bits per heavy atom. The normalized spacial score (nSPS) is 31.8. The third-order valence-corrected chi connectivity index (χ3v) is 3.33. The van der Waals surface area contributed by atoms with E-state index < -0.39 is 5.60 Å². The smallest absolute Gasteiger partial charge is 0.306 e. The fraction of sp³-hybridized carbons (Fsp3) is 0.357. The summed E-state index contributed by atoms with van der Waals surface area (Å²) < 4.78 is 11.3. The molecule has 0 unspecified atom stereocenters. The van der Waals surface area contributed by atoms with Crippen molar-refractivity contribution in [2.45, 2.75) is 24.5 Å². The molecule has 2 aliphatic rings. The van der Waals surface area contributed by atoms with Gasteiger partial charge in [0.2, 0.25) is 0 Å². The van der Waals surface area contributed by atoms with Gasteiger partial charge >= 0.3 is 5.97 Å². The van der Waals surface area contributed by atoms with E-state index in [0.29, 0.717) is 19.4 Å². The standard InChI is InChI=1S/C14H14O3/c15-12-7-9-14(17-12)8-4-10-16-13(14)11-5-2-1-3-6-11/h1-6,8,13H,7,9-10H2/t13-,14-/m0/s1. The maximum Gasteiger partial charge on any atom is 0.306 e. The summed E-state index contributed by atoms with van der Waals surface area (Å²) in [6.45, 7) is 0.568. The van der Waals surface area contributed by atoms with E-state index >= 15 is 0 Å². The van der Waals surface area contributed by atoms with Crippen LogP contribution in [-0.2, 0) is 14.3 Å². The fourth-order valence-corrected chi connectivity index (χ4v) is 2.55. The molecule has 0 saturated carbocycles. The second-order valence-corrected chi connectivity index (χ2v) is 4.46. The Kier molecular flexibility index (Phi) is 2.48. The van der Waals surface area contributed by atoms with Gasteiger partial charge in [0.05, 0.1) is 6.61 Å². The summed E-state index contributed by atoms with van der Waals surface area (Å²) in [6, 6.07) is 9.94. The highest BCUT2D eigenvalue weighted by molar-refractivity contribution is 5.73. The lowest BCUT2D eigenvalue weighted by atomic mass is 9.86. The molecule has 3 nitrogen and oxygen atoms in total. The molecule has 0 radical (unpaired) electrons. The van der Waals surface area contributed by atoms with Gasteiger partial charge in [-0.3, -0.25) is 4.79 Å². The fourth-order valence-electron chi connectivity index (χ4n) is 2.55. The van der Waals surface area contributed by atoms with Crippen LogP contribution in [0.3, 0.4) is 0 Å². The summed E-state index contributed by atoms with van der Waals surface area (Å²) in [5.41, 5.74) is 0.475. The predicted molar refractivity (Wildman–Crippen MR) is 62.3 cm³/mol. The molecule has 3 heteroatoms. The van der Waals surface area contributed by atoms with E-state index in [1.165, 1.54) is 0 Å². The van der Waals surface area contributed by atoms with Crippen LogP contribution in [0, 0.1) is 0 Å². The molecule has 17 heavy (non-hydrogen) atoms. The van der Waals surface area contributed by atoms with Gasteiger partial charge in [-0.15, -0.1) is 0 Å². The SMILES string of the molecule is O=C1CC[C@]2(C=CCO[C@H]2c2ccccc2)O1. The number of hydrogen-bond acceptors (Lipinski definition) is 3. The van der Waals surface area contributed by atoms with Gasteiger partial charge in [-0.05, 0) is 11.6 Å². The Balaban J connectivity index is 1.98. The van der Waals surface area contributed by atoms with Crippen molar-refractivity contribution in [2.75, 3.05) is 6.61 Å². The summed E-state index contributed by atoms with van der Waals surface area (Å²) in [6.07, 6.45) is 4.90. The van der Waals surface area contributed by atoms with E-state index in [1.54, 1.807) is 0 Å². The summed E-state index contributed by atoms with van der Waals surface area (Å²) in [4.78, 5) is 11.4. The number of carbonyl (C=O) groups excluding carboxylic acids is 1. The van der Waals surface area contributed by atoms with Gasteiger partial charge in [-0.25, -0.2) is 0 Å². The van der Waals surface area contributed by atoms with Gasteiger partial charge in [-0.2, -0.15) is 0 Å². The Morgan fingerprint density at radius 3 is 2.76 bits per heavy atom. The Morgan fingerprint density at radius 1 is 1.24 bits per heavy atom. The second kappa shape index (κ2) is 4.00. The van der Waals surface area contributed by atoms with E-state index in [2.05, 4.69) is 0 Å². The topological polar surface area (TPSA) is 35.5 Å². The molecule has 2 atom stereocenters. The van der Waals surface area contributed by atoms with Crippen molar-refractivity contribution in [2.24, 2.45) is 0 Å². The number of ether oxygens (including phenoxy) is 2. The highest BCUT2D eigenvalue weighted by Crippen LogP contribution is 2.43. The van der Waals surface area contributed by atoms with Gasteiger partial charge in [0.25, 0.3) is 0 Å². The Hall–Kier alpha value is -1.61. The van der Waals surface area contributed by atoms with Crippen molar-refractivity contribution in [1.29, 1.82) is 0 Å². The maximum atomic E-state index is 11.4. The number of esters is 1. The van der Waals surface area contributed by atoms with Crippen molar-refractivity contribution in [3.63, 3.8) is 0 Å². The molecule has 0 amide bonds. The first kappa shape index (κ1) is 10.5. The van der Waals surface area contributed by atoms with Crippen molar-refractivity contribution in [1.82, 2.24) is 0 Å². The molecule has 88 valence electrons. The van der Waals surface area contributed by atoms with Crippen LogP contribution in [0.1, 0.15) is 24.5 Å². The number of rotatable bonds is 1. The van der Waals surface area contributed by atoms with Crippen molar-refractivity contribution in [3.05, 3.63) is 48.0 Å². The van der Waals surface area contributed by atoms with Gasteiger partial charge in [0.1, 0.15) is 6.10 Å². The highest BCUT2D eigenvalue weighted by Gasteiger charge is 2.47. The van der Waals surface area contributed by atoms with Crippen LogP contribution in [0.4, 0.5) is 0 Å². The summed E-state index contributed by atoms with van der Waals surface area (Å²) >= 11 is 0. The van der Waals surface area contributed by atoms with Gasteiger partial charge in [0.15, 0.2) is 5.60 Å². The lowest BCUT2D eigenvalue weighted by molar-refractivity contribution is -0.157. The minimum absolute atomic E-state index is 0.138. The molecule has 3 rings (SSSR count). The monoisotopic (exact) mass is 230 g/mol. The van der Waals surface area contributed by atoms with Gasteiger partial charge in [-0.1, -0.05) is 36.4 Å². The quantitative estimate of drug-likeness (QED) is 0.549. The average Bonchev–Trinajstić information content (AvgIpc) is 2.73. The first-order valence-corrected chi connectivity index (χ1v) is 5.86. The van der Waals surface area contributed by atoms with Crippen molar-refractivity contribution < 1.29 is 14.3 Å². The van der Waals surface area contributed by atoms with E-state index in [9.17, 15) is 4.79 Å². The number of benzene rings is 1. The molecule has 0 bridgehead atoms. The van der Waals surface area contributed by atoms with E-state index in [1.807, 2.05) is 42.5 Å². The minimum atomic E-state index is -0.587. The molecule has 0 N–H and O–H groups in total. The summed E-state index contributed by atoms with van der Waals surface area (Å²) in [5.74, 6) is -0.138. The summed E-state index contributed by atoms with van der Waals surface area (Å²) in [5, 5.41) is 0. The lowest BCUT2D eigenvalue weighted by Crippen LogP contribution is -2.38. The lowest BCUT2D eigenvalue weighted by Gasteiger charge is -2.36. The van der Waals surface area contributed by atoms with Crippen LogP contribution in [0.5, 0.6) is 0 Å². The molecule has 1 aromatic rings. The predicted octanol–water partition coefficient (Wildman–Crippen LogP) is 2.39. The molecule has 0 aliphatic carbocycles. The van der Waals surface area contributed by atoms with Crippen LogP contribution in [0.15, 0.2) is 42.5 Å². The Labute approximate surface area is 100 Å². The van der Waals surface area contributed by atoms with Crippen molar-refractivity contribution in [3.8, 4) is 0 Å². The van der Waals surface area contributed by atoms with E-state index in [-0.39, 0.29) is 12.1 Å². The van der Waals surface area contributed by atoms with Crippen molar-refractivity contribution >= 4 is 5.97 Å². The molecular formula is C14H14O3. The van der Waals surface area contributed by atoms with Gasteiger partial charge < -0.3 is 9.47 Å². The van der Waals surface area contributed by atoms with Crippen LogP contribution in [-0.4, -0.2) is 18.2 Å². The molecule has 1 aromatic carbocycles. The minimum Gasteiger partial charge on any atom is -0.452 e. The van der Waals surface area contributed by atoms with Crippen LogP contribution >= 0.6 is 0 Å². The molecular weight excluding hydrogens is 216 g/mol. The zero-order valence-electron chi connectivity index (χ0n) is 9.46. The molecule has 0 aromatic heterocycles. The first-order valence-electron chi connectivity index (χ1n) is 5.86. The van der Waals surface area contributed by atoms with Crippen LogP contribution in [0.2, 0.25) is 0 Å². The zero-order valence-corrected chi connectivity index (χ0v) is 9.46. The first-order chi connectivity index (χ1) is 8.30. The third-order valence-electron chi connectivity index (χ3n) is 3.33. The highest BCUT2D eigenvalue weighted by atomic mass is 16.6. The molecule has 1 fully saturated rings. The van der Waals surface area contributed by atoms with Gasteiger partial charge in [0, 0.05) is 12.8 Å². The Bertz CT molecular complexity index is 452. The largest absolute Gasteiger partial charge is 0.452 e. The van der Waals surface area contributed by atoms with E-state index in [4.69, 9.17) is 9.47 Å². The molecule has 1 saturated heterocycles. The summed E-state index contributed by atoms with van der Waals surface area (Å²) in [7, 11) is 0. The number of carbonyl (C=O) groups is 1. The molecule has 1 spiro atoms. The maximum absolute atomic E-state index is 11.4.